The third kappa shape index (κ3) is 4.47. The molecule has 5 heteroatoms. The van der Waals surface area contributed by atoms with Crippen molar-refractivity contribution in [1.82, 2.24) is 15.3 Å². The van der Waals surface area contributed by atoms with Gasteiger partial charge in [-0.3, -0.25) is 0 Å². The van der Waals surface area contributed by atoms with Crippen molar-refractivity contribution in [2.45, 2.75) is 26.5 Å². The van der Waals surface area contributed by atoms with Crippen LogP contribution in [0.25, 0.3) is 0 Å². The maximum atomic E-state index is 6.21. The van der Waals surface area contributed by atoms with E-state index in [1.807, 2.05) is 18.2 Å². The molecule has 0 aliphatic carbocycles. The highest BCUT2D eigenvalue weighted by atomic mass is 35.5. The maximum Gasteiger partial charge on any atom is 0.166 e. The van der Waals surface area contributed by atoms with Gasteiger partial charge in [0.05, 0.1) is 5.02 Å². The fraction of sp³-hybridized carbons (Fsp3) is 0.333. The molecule has 4 nitrogen and oxygen atoms in total. The molecule has 1 N–H and O–H groups in total. The third-order valence-corrected chi connectivity index (χ3v) is 3.02. The SMILES string of the molecule is CCCNCc1ccc(OCc2ncccn2)c(Cl)c1. The predicted octanol–water partition coefficient (Wildman–Crippen LogP) is 3.21. The standard InChI is InChI=1S/C15H18ClN3O/c1-2-6-17-10-12-4-5-14(13(16)9-12)20-11-15-18-7-3-8-19-15/h3-5,7-9,17H,2,6,10-11H2,1H3. The van der Waals surface area contributed by atoms with Crippen molar-refractivity contribution in [1.29, 1.82) is 0 Å². The molecule has 1 heterocycles. The molecular formula is C15H18ClN3O. The minimum Gasteiger partial charge on any atom is -0.484 e. The molecule has 0 fully saturated rings. The zero-order valence-corrected chi connectivity index (χ0v) is 12.2. The van der Waals surface area contributed by atoms with E-state index in [9.17, 15) is 0 Å². The number of nitrogens with zero attached hydrogens (tertiary/aromatic N) is 2. The minimum atomic E-state index is 0.313. The monoisotopic (exact) mass is 291 g/mol. The lowest BCUT2D eigenvalue weighted by Crippen LogP contribution is -2.13. The summed E-state index contributed by atoms with van der Waals surface area (Å²) in [5.74, 6) is 1.29. The largest absolute Gasteiger partial charge is 0.484 e. The molecule has 0 bridgehead atoms. The maximum absolute atomic E-state index is 6.21. The van der Waals surface area contributed by atoms with Crippen LogP contribution in [0.4, 0.5) is 0 Å². The number of benzene rings is 1. The summed E-state index contributed by atoms with van der Waals surface area (Å²) in [4.78, 5) is 8.20. The second kappa shape index (κ2) is 7.82. The van der Waals surface area contributed by atoms with Crippen molar-refractivity contribution >= 4 is 11.6 Å². The summed E-state index contributed by atoms with van der Waals surface area (Å²) in [5, 5.41) is 3.94. The zero-order valence-electron chi connectivity index (χ0n) is 11.5. The van der Waals surface area contributed by atoms with E-state index in [1.54, 1.807) is 18.5 Å². The highest BCUT2D eigenvalue weighted by Crippen LogP contribution is 2.26. The van der Waals surface area contributed by atoms with Crippen molar-refractivity contribution in [3.63, 3.8) is 0 Å². The molecule has 106 valence electrons. The molecule has 0 aliphatic rings. The first-order chi connectivity index (χ1) is 9.79. The molecule has 0 saturated carbocycles. The van der Waals surface area contributed by atoms with E-state index in [2.05, 4.69) is 22.2 Å². The summed E-state index contributed by atoms with van der Waals surface area (Å²) in [6.45, 7) is 4.27. The van der Waals surface area contributed by atoms with Crippen LogP contribution in [-0.4, -0.2) is 16.5 Å². The number of aromatic nitrogens is 2. The van der Waals surface area contributed by atoms with Crippen LogP contribution in [-0.2, 0) is 13.2 Å². The van der Waals surface area contributed by atoms with Crippen LogP contribution in [0.5, 0.6) is 5.75 Å². The van der Waals surface area contributed by atoms with Crippen molar-refractivity contribution in [3.05, 3.63) is 53.1 Å². The summed E-state index contributed by atoms with van der Waals surface area (Å²) in [6, 6.07) is 7.59. The molecule has 20 heavy (non-hydrogen) atoms. The van der Waals surface area contributed by atoms with Gasteiger partial charge in [0, 0.05) is 18.9 Å². The van der Waals surface area contributed by atoms with E-state index in [4.69, 9.17) is 16.3 Å². The van der Waals surface area contributed by atoms with Crippen LogP contribution in [0.1, 0.15) is 24.7 Å². The predicted molar refractivity (Wildman–Crippen MR) is 79.8 cm³/mol. The van der Waals surface area contributed by atoms with Crippen LogP contribution < -0.4 is 10.1 Å². The molecule has 0 radical (unpaired) electrons. The van der Waals surface area contributed by atoms with E-state index in [0.29, 0.717) is 23.2 Å². The Morgan fingerprint density at radius 2 is 2.05 bits per heavy atom. The van der Waals surface area contributed by atoms with Gasteiger partial charge in [-0.15, -0.1) is 0 Å². The topological polar surface area (TPSA) is 47.0 Å². The number of nitrogens with one attached hydrogen (secondary N) is 1. The van der Waals surface area contributed by atoms with Gasteiger partial charge in [-0.25, -0.2) is 9.97 Å². The van der Waals surface area contributed by atoms with Crippen LogP contribution in [0.2, 0.25) is 5.02 Å². The Kier molecular flexibility index (Phi) is 5.77. The van der Waals surface area contributed by atoms with Crippen LogP contribution in [0.3, 0.4) is 0 Å². The smallest absolute Gasteiger partial charge is 0.166 e. The van der Waals surface area contributed by atoms with Crippen LogP contribution >= 0.6 is 11.6 Å². The van der Waals surface area contributed by atoms with E-state index in [1.165, 1.54) is 0 Å². The first kappa shape index (κ1) is 14.8. The first-order valence-electron chi connectivity index (χ1n) is 6.67. The highest BCUT2D eigenvalue weighted by molar-refractivity contribution is 6.32. The van der Waals surface area contributed by atoms with E-state index >= 15 is 0 Å². The van der Waals surface area contributed by atoms with E-state index in [0.717, 1.165) is 25.1 Å². The van der Waals surface area contributed by atoms with Gasteiger partial charge in [0.15, 0.2) is 5.82 Å². The molecule has 1 aromatic heterocycles. The summed E-state index contributed by atoms with van der Waals surface area (Å²) < 4.78 is 5.63. The molecule has 0 atom stereocenters. The molecule has 0 spiro atoms. The van der Waals surface area contributed by atoms with E-state index in [-0.39, 0.29) is 0 Å². The summed E-state index contributed by atoms with van der Waals surface area (Å²) >= 11 is 6.21. The third-order valence-electron chi connectivity index (χ3n) is 2.73. The van der Waals surface area contributed by atoms with Crippen LogP contribution in [0.15, 0.2) is 36.7 Å². The average molecular weight is 292 g/mol. The molecule has 0 aliphatic heterocycles. The molecule has 0 amide bonds. The number of hydrogen-bond donors (Lipinski definition) is 1. The summed E-state index contributed by atoms with van der Waals surface area (Å²) in [6.07, 6.45) is 4.50. The molecule has 0 unspecified atom stereocenters. The summed E-state index contributed by atoms with van der Waals surface area (Å²) in [7, 11) is 0. The Balaban J connectivity index is 1.92. The van der Waals surface area contributed by atoms with Gasteiger partial charge < -0.3 is 10.1 Å². The Labute approximate surface area is 124 Å². The quantitative estimate of drug-likeness (QED) is 0.796. The van der Waals surface area contributed by atoms with Gasteiger partial charge in [-0.05, 0) is 36.7 Å². The molecule has 2 rings (SSSR count). The first-order valence-corrected chi connectivity index (χ1v) is 7.05. The van der Waals surface area contributed by atoms with Gasteiger partial charge in [0.1, 0.15) is 12.4 Å². The Bertz CT molecular complexity index is 534. The van der Waals surface area contributed by atoms with Gasteiger partial charge in [0.25, 0.3) is 0 Å². The van der Waals surface area contributed by atoms with Gasteiger partial charge in [-0.1, -0.05) is 24.6 Å². The van der Waals surface area contributed by atoms with Gasteiger partial charge >= 0.3 is 0 Å². The van der Waals surface area contributed by atoms with Crippen molar-refractivity contribution in [3.8, 4) is 5.75 Å². The van der Waals surface area contributed by atoms with Gasteiger partial charge in [0.2, 0.25) is 0 Å². The minimum absolute atomic E-state index is 0.313. The number of hydrogen-bond acceptors (Lipinski definition) is 4. The zero-order chi connectivity index (χ0) is 14.2. The molecule has 2 aromatic rings. The molecule has 0 saturated heterocycles. The van der Waals surface area contributed by atoms with Crippen molar-refractivity contribution < 1.29 is 4.74 Å². The fourth-order valence-corrected chi connectivity index (χ4v) is 1.99. The summed E-state index contributed by atoms with van der Waals surface area (Å²) in [5.41, 5.74) is 1.15. The molecular weight excluding hydrogens is 274 g/mol. The van der Waals surface area contributed by atoms with E-state index < -0.39 is 0 Å². The van der Waals surface area contributed by atoms with Crippen molar-refractivity contribution in [2.24, 2.45) is 0 Å². The highest BCUT2D eigenvalue weighted by Gasteiger charge is 2.04. The van der Waals surface area contributed by atoms with Gasteiger partial charge in [-0.2, -0.15) is 0 Å². The lowest BCUT2D eigenvalue weighted by molar-refractivity contribution is 0.296. The fourth-order valence-electron chi connectivity index (χ4n) is 1.73. The lowest BCUT2D eigenvalue weighted by Gasteiger charge is -2.09. The lowest BCUT2D eigenvalue weighted by atomic mass is 10.2. The average Bonchev–Trinajstić information content (AvgIpc) is 2.48. The number of halogens is 1. The number of ether oxygens (including phenoxy) is 1. The second-order valence-corrected chi connectivity index (χ2v) is 4.80. The normalized spacial score (nSPS) is 10.5. The molecule has 1 aromatic carbocycles. The Hall–Kier alpha value is -1.65. The Morgan fingerprint density at radius 3 is 2.75 bits per heavy atom. The second-order valence-electron chi connectivity index (χ2n) is 4.40. The Morgan fingerprint density at radius 1 is 1.25 bits per heavy atom. The van der Waals surface area contributed by atoms with Crippen molar-refractivity contribution in [2.75, 3.05) is 6.54 Å². The number of rotatable bonds is 7. The van der Waals surface area contributed by atoms with Crippen LogP contribution in [0, 0.1) is 0 Å².